The summed E-state index contributed by atoms with van der Waals surface area (Å²) in [6, 6.07) is 0.672. The molecule has 2 heterocycles. The van der Waals surface area contributed by atoms with Crippen molar-refractivity contribution < 1.29 is 0 Å². The van der Waals surface area contributed by atoms with Crippen LogP contribution in [-0.2, 0) is 13.5 Å². The van der Waals surface area contributed by atoms with Crippen LogP contribution < -0.4 is 0 Å². The monoisotopic (exact) mass is 332 g/mol. The van der Waals surface area contributed by atoms with E-state index >= 15 is 0 Å². The van der Waals surface area contributed by atoms with Gasteiger partial charge in [-0.15, -0.1) is 0 Å². The number of hydrogen-bond donors (Lipinski definition) is 0. The highest BCUT2D eigenvalue weighted by molar-refractivity contribution is 7.99. The normalized spacial score (nSPS) is 16.1. The molecule has 0 aromatic carbocycles. The van der Waals surface area contributed by atoms with E-state index in [4.69, 9.17) is 4.98 Å². The summed E-state index contributed by atoms with van der Waals surface area (Å²) in [5.74, 6) is 1.12. The third kappa shape index (κ3) is 4.00. The van der Waals surface area contributed by atoms with Crippen LogP contribution in [0, 0.1) is 13.8 Å². The smallest absolute Gasteiger partial charge is 0.168 e. The molecule has 1 aliphatic carbocycles. The molecule has 23 heavy (non-hydrogen) atoms. The first-order valence-electron chi connectivity index (χ1n) is 8.81. The number of rotatable bonds is 6. The van der Waals surface area contributed by atoms with E-state index in [2.05, 4.69) is 29.7 Å². The largest absolute Gasteiger partial charge is 0.320 e. The molecule has 3 rings (SSSR count). The lowest BCUT2D eigenvalue weighted by Crippen LogP contribution is -2.15. The molecule has 2 aromatic rings. The molecular formula is C18H28N4S. The average Bonchev–Trinajstić information content (AvgIpc) is 3.09. The van der Waals surface area contributed by atoms with Gasteiger partial charge in [-0.05, 0) is 45.1 Å². The molecule has 0 spiro atoms. The van der Waals surface area contributed by atoms with Gasteiger partial charge in [-0.3, -0.25) is 4.68 Å². The first-order valence-corrected chi connectivity index (χ1v) is 9.79. The van der Waals surface area contributed by atoms with E-state index < -0.39 is 0 Å². The van der Waals surface area contributed by atoms with Crippen molar-refractivity contribution in [3.8, 4) is 0 Å². The first-order chi connectivity index (χ1) is 11.1. The maximum absolute atomic E-state index is 4.84. The van der Waals surface area contributed by atoms with Gasteiger partial charge < -0.3 is 4.57 Å². The Hall–Kier alpha value is -1.23. The number of hydrogen-bond acceptors (Lipinski definition) is 3. The third-order valence-electron chi connectivity index (χ3n) is 4.89. The van der Waals surface area contributed by atoms with E-state index in [9.17, 15) is 0 Å². The Balaban J connectivity index is 1.59. The minimum absolute atomic E-state index is 0.672. The molecule has 0 radical (unpaired) electrons. The lowest BCUT2D eigenvalue weighted by molar-refractivity contribution is 0.332. The summed E-state index contributed by atoms with van der Waals surface area (Å²) in [5.41, 5.74) is 3.90. The fourth-order valence-corrected chi connectivity index (χ4v) is 4.61. The molecule has 0 saturated heterocycles. The van der Waals surface area contributed by atoms with Crippen LogP contribution in [-0.4, -0.2) is 25.1 Å². The Kier molecular flexibility index (Phi) is 5.46. The average molecular weight is 333 g/mol. The Morgan fingerprint density at radius 3 is 2.70 bits per heavy atom. The fourth-order valence-electron chi connectivity index (χ4n) is 3.51. The minimum Gasteiger partial charge on any atom is -0.320 e. The second-order valence-electron chi connectivity index (χ2n) is 6.70. The maximum Gasteiger partial charge on any atom is 0.168 e. The molecule has 5 heteroatoms. The zero-order valence-electron chi connectivity index (χ0n) is 14.6. The molecule has 1 aliphatic rings. The van der Waals surface area contributed by atoms with Crippen LogP contribution in [0.1, 0.15) is 61.5 Å². The predicted octanol–water partition coefficient (Wildman–Crippen LogP) is 4.46. The van der Waals surface area contributed by atoms with Crippen LogP contribution >= 0.6 is 11.8 Å². The van der Waals surface area contributed by atoms with E-state index in [1.54, 1.807) is 0 Å². The Morgan fingerprint density at radius 2 is 2.00 bits per heavy atom. The fraction of sp³-hybridized carbons (Fsp3) is 0.667. The number of aryl methyl sites for hydroxylation is 3. The highest BCUT2D eigenvalue weighted by atomic mass is 32.2. The quantitative estimate of drug-likeness (QED) is 0.578. The molecule has 0 atom stereocenters. The molecule has 1 saturated carbocycles. The lowest BCUT2D eigenvalue weighted by atomic mass is 9.95. The zero-order valence-corrected chi connectivity index (χ0v) is 15.4. The third-order valence-corrected chi connectivity index (χ3v) is 5.93. The van der Waals surface area contributed by atoms with Crippen LogP contribution in [0.2, 0.25) is 0 Å². The zero-order chi connectivity index (χ0) is 16.2. The molecule has 1 fully saturated rings. The minimum atomic E-state index is 0.672. The predicted molar refractivity (Wildman–Crippen MR) is 96.1 cm³/mol. The number of aromatic nitrogens is 4. The molecule has 2 aromatic heterocycles. The molecule has 0 aliphatic heterocycles. The molecular weight excluding hydrogens is 304 g/mol. The number of imidazole rings is 1. The van der Waals surface area contributed by atoms with Crippen LogP contribution in [0.4, 0.5) is 0 Å². The summed E-state index contributed by atoms with van der Waals surface area (Å²) in [5, 5.41) is 5.47. The van der Waals surface area contributed by atoms with Gasteiger partial charge in [0, 0.05) is 30.7 Å². The highest BCUT2D eigenvalue weighted by Crippen LogP contribution is 2.34. The lowest BCUT2D eigenvalue weighted by Gasteiger charge is -2.26. The maximum atomic E-state index is 4.84. The Labute approximate surface area is 143 Å². The number of nitrogens with zero attached hydrogens (tertiary/aromatic N) is 4. The van der Waals surface area contributed by atoms with E-state index in [-0.39, 0.29) is 0 Å². The van der Waals surface area contributed by atoms with Gasteiger partial charge in [-0.1, -0.05) is 31.0 Å². The highest BCUT2D eigenvalue weighted by Gasteiger charge is 2.21. The second kappa shape index (κ2) is 7.56. The van der Waals surface area contributed by atoms with Crippen molar-refractivity contribution in [2.24, 2.45) is 7.05 Å². The topological polar surface area (TPSA) is 35.6 Å². The summed E-state index contributed by atoms with van der Waals surface area (Å²) in [6.45, 7) is 4.38. The van der Waals surface area contributed by atoms with Crippen molar-refractivity contribution in [2.45, 2.75) is 70.0 Å². The van der Waals surface area contributed by atoms with E-state index in [1.807, 2.05) is 29.7 Å². The van der Waals surface area contributed by atoms with Gasteiger partial charge in [0.15, 0.2) is 5.16 Å². The van der Waals surface area contributed by atoms with Crippen molar-refractivity contribution in [1.29, 1.82) is 0 Å². The van der Waals surface area contributed by atoms with E-state index in [0.29, 0.717) is 6.04 Å². The van der Waals surface area contributed by atoms with Gasteiger partial charge >= 0.3 is 0 Å². The summed E-state index contributed by atoms with van der Waals surface area (Å²) in [6.07, 6.45) is 13.1. The van der Waals surface area contributed by atoms with E-state index in [0.717, 1.165) is 12.2 Å². The van der Waals surface area contributed by atoms with Crippen molar-refractivity contribution >= 4 is 11.8 Å². The van der Waals surface area contributed by atoms with Gasteiger partial charge in [0.2, 0.25) is 0 Å². The molecule has 0 N–H and O–H groups in total. The Bertz CT molecular complexity index is 637. The van der Waals surface area contributed by atoms with Crippen LogP contribution in [0.3, 0.4) is 0 Å². The van der Waals surface area contributed by atoms with Gasteiger partial charge in [-0.25, -0.2) is 4.98 Å². The summed E-state index contributed by atoms with van der Waals surface area (Å²) < 4.78 is 4.41. The van der Waals surface area contributed by atoms with Crippen LogP contribution in [0.15, 0.2) is 17.6 Å². The first kappa shape index (κ1) is 16.6. The van der Waals surface area contributed by atoms with Gasteiger partial charge in [-0.2, -0.15) is 5.10 Å². The van der Waals surface area contributed by atoms with E-state index in [1.165, 1.54) is 60.6 Å². The Morgan fingerprint density at radius 1 is 1.22 bits per heavy atom. The van der Waals surface area contributed by atoms with Gasteiger partial charge in [0.25, 0.3) is 0 Å². The summed E-state index contributed by atoms with van der Waals surface area (Å²) >= 11 is 1.93. The SMILES string of the molecule is Cc1nc(SCCCc2cnn(C)c2)n(C2CCCCC2)c1C. The van der Waals surface area contributed by atoms with Gasteiger partial charge in [0.1, 0.15) is 0 Å². The summed E-state index contributed by atoms with van der Waals surface area (Å²) in [7, 11) is 1.98. The van der Waals surface area contributed by atoms with Crippen molar-refractivity contribution in [1.82, 2.24) is 19.3 Å². The van der Waals surface area contributed by atoms with Crippen LogP contribution in [0.5, 0.6) is 0 Å². The summed E-state index contributed by atoms with van der Waals surface area (Å²) in [4.78, 5) is 4.84. The van der Waals surface area contributed by atoms with Crippen LogP contribution in [0.25, 0.3) is 0 Å². The molecule has 0 unspecified atom stereocenters. The van der Waals surface area contributed by atoms with Gasteiger partial charge in [0.05, 0.1) is 11.9 Å². The van der Waals surface area contributed by atoms with Crippen molar-refractivity contribution in [2.75, 3.05) is 5.75 Å². The molecule has 126 valence electrons. The molecule has 0 amide bonds. The number of thioether (sulfide) groups is 1. The molecule has 0 bridgehead atoms. The molecule has 4 nitrogen and oxygen atoms in total. The van der Waals surface area contributed by atoms with Crippen molar-refractivity contribution in [3.05, 3.63) is 29.3 Å². The second-order valence-corrected chi connectivity index (χ2v) is 7.76. The van der Waals surface area contributed by atoms with Crippen molar-refractivity contribution in [3.63, 3.8) is 0 Å². The standard InChI is InChI=1S/C18H28N4S/c1-14-15(2)22(17-9-5-4-6-10-17)18(20-14)23-11-7-8-16-12-19-21(3)13-16/h12-13,17H,4-11H2,1-3H3.